The van der Waals surface area contributed by atoms with Crippen molar-refractivity contribution in [2.75, 3.05) is 14.1 Å². The first-order valence-corrected chi connectivity index (χ1v) is 4.43. The lowest BCUT2D eigenvalue weighted by atomic mass is 9.88. The fourth-order valence-corrected chi connectivity index (χ4v) is 0.958. The van der Waals surface area contributed by atoms with Crippen molar-refractivity contribution in [2.45, 2.75) is 40.2 Å². The summed E-state index contributed by atoms with van der Waals surface area (Å²) in [7, 11) is 3.87. The molecule has 1 unspecified atom stereocenters. The Morgan fingerprint density at radius 2 is 1.75 bits per heavy atom. The first kappa shape index (κ1) is 11.6. The Kier molecular flexibility index (Phi) is 3.91. The highest BCUT2D eigenvalue weighted by molar-refractivity contribution is 5.84. The maximum absolute atomic E-state index is 11.6. The van der Waals surface area contributed by atoms with E-state index in [2.05, 4.69) is 20.8 Å². The molecule has 0 spiro atoms. The molecule has 72 valence electrons. The molecule has 12 heavy (non-hydrogen) atoms. The Morgan fingerprint density at radius 3 is 2.00 bits per heavy atom. The van der Waals surface area contributed by atoms with Gasteiger partial charge >= 0.3 is 0 Å². The lowest BCUT2D eigenvalue weighted by Gasteiger charge is -2.23. The van der Waals surface area contributed by atoms with Crippen LogP contribution in [0.1, 0.15) is 34.1 Å². The molecule has 0 amide bonds. The van der Waals surface area contributed by atoms with Crippen LogP contribution < -0.4 is 0 Å². The molecule has 0 rings (SSSR count). The molecular formula is C10H21NO. The van der Waals surface area contributed by atoms with Crippen LogP contribution in [0.3, 0.4) is 0 Å². The SMILES string of the molecule is CC(C(=O)CC(C)(C)C)N(C)C. The van der Waals surface area contributed by atoms with Crippen molar-refractivity contribution >= 4 is 5.78 Å². The summed E-state index contributed by atoms with van der Waals surface area (Å²) in [5.74, 6) is 0.326. The molecule has 0 saturated carbocycles. The minimum atomic E-state index is 0.0456. The monoisotopic (exact) mass is 171 g/mol. The van der Waals surface area contributed by atoms with Crippen LogP contribution >= 0.6 is 0 Å². The van der Waals surface area contributed by atoms with Crippen LogP contribution in [0.15, 0.2) is 0 Å². The summed E-state index contributed by atoms with van der Waals surface area (Å²) in [6, 6.07) is 0.0456. The predicted octanol–water partition coefficient (Wildman–Crippen LogP) is 1.94. The van der Waals surface area contributed by atoms with Crippen LogP contribution in [0.5, 0.6) is 0 Å². The Labute approximate surface area is 75.9 Å². The van der Waals surface area contributed by atoms with E-state index < -0.39 is 0 Å². The van der Waals surface area contributed by atoms with Crippen LogP contribution in [0.4, 0.5) is 0 Å². The van der Waals surface area contributed by atoms with E-state index in [9.17, 15) is 4.79 Å². The largest absolute Gasteiger partial charge is 0.300 e. The second-order valence-corrected chi connectivity index (χ2v) is 4.84. The van der Waals surface area contributed by atoms with Crippen molar-refractivity contribution in [3.8, 4) is 0 Å². The van der Waals surface area contributed by atoms with Crippen LogP contribution in [-0.4, -0.2) is 30.8 Å². The summed E-state index contributed by atoms with van der Waals surface area (Å²) in [4.78, 5) is 13.5. The summed E-state index contributed by atoms with van der Waals surface area (Å²) in [5.41, 5.74) is 0.112. The quantitative estimate of drug-likeness (QED) is 0.647. The molecule has 0 heterocycles. The second-order valence-electron chi connectivity index (χ2n) is 4.84. The molecular weight excluding hydrogens is 150 g/mol. The zero-order valence-corrected chi connectivity index (χ0v) is 9.14. The number of carbonyl (C=O) groups is 1. The Morgan fingerprint density at radius 1 is 1.33 bits per heavy atom. The molecule has 2 nitrogen and oxygen atoms in total. The van der Waals surface area contributed by atoms with Gasteiger partial charge < -0.3 is 0 Å². The smallest absolute Gasteiger partial charge is 0.150 e. The molecule has 2 heteroatoms. The zero-order valence-electron chi connectivity index (χ0n) is 9.14. The van der Waals surface area contributed by atoms with Crippen molar-refractivity contribution in [2.24, 2.45) is 5.41 Å². The van der Waals surface area contributed by atoms with Gasteiger partial charge in [0.25, 0.3) is 0 Å². The highest BCUT2D eigenvalue weighted by atomic mass is 16.1. The Hall–Kier alpha value is -0.370. The summed E-state index contributed by atoms with van der Waals surface area (Å²) in [6.07, 6.45) is 0.659. The summed E-state index contributed by atoms with van der Waals surface area (Å²) >= 11 is 0. The van der Waals surface area contributed by atoms with Gasteiger partial charge in [-0.25, -0.2) is 0 Å². The highest BCUT2D eigenvalue weighted by Gasteiger charge is 2.21. The third-order valence-electron chi connectivity index (χ3n) is 1.95. The lowest BCUT2D eigenvalue weighted by molar-refractivity contribution is -0.124. The molecule has 1 atom stereocenters. The van der Waals surface area contributed by atoms with Gasteiger partial charge in [-0.05, 0) is 26.4 Å². The molecule has 0 aromatic carbocycles. The third-order valence-corrected chi connectivity index (χ3v) is 1.95. The van der Waals surface area contributed by atoms with E-state index >= 15 is 0 Å². The Bertz CT molecular complexity index is 156. The molecule has 0 aliphatic heterocycles. The zero-order chi connectivity index (χ0) is 9.94. The van der Waals surface area contributed by atoms with Crippen LogP contribution in [0.2, 0.25) is 0 Å². The van der Waals surface area contributed by atoms with Gasteiger partial charge in [-0.3, -0.25) is 9.69 Å². The Balaban J connectivity index is 4.05. The first-order chi connectivity index (χ1) is 5.24. The molecule has 0 aliphatic rings. The fraction of sp³-hybridized carbons (Fsp3) is 0.900. The average molecular weight is 171 g/mol. The van der Waals surface area contributed by atoms with E-state index in [1.807, 2.05) is 25.9 Å². The normalized spacial score (nSPS) is 14.9. The van der Waals surface area contributed by atoms with Gasteiger partial charge in [0.1, 0.15) is 5.78 Å². The van der Waals surface area contributed by atoms with Crippen molar-refractivity contribution in [3.63, 3.8) is 0 Å². The molecule has 0 aromatic heterocycles. The van der Waals surface area contributed by atoms with Gasteiger partial charge in [0, 0.05) is 6.42 Å². The maximum atomic E-state index is 11.6. The van der Waals surface area contributed by atoms with E-state index in [0.717, 1.165) is 0 Å². The fourth-order valence-electron chi connectivity index (χ4n) is 0.958. The van der Waals surface area contributed by atoms with E-state index in [4.69, 9.17) is 0 Å². The van der Waals surface area contributed by atoms with E-state index in [1.54, 1.807) is 0 Å². The first-order valence-electron chi connectivity index (χ1n) is 4.43. The molecule has 0 aromatic rings. The van der Waals surface area contributed by atoms with E-state index in [0.29, 0.717) is 12.2 Å². The molecule has 0 bridgehead atoms. The second kappa shape index (κ2) is 4.04. The summed E-state index contributed by atoms with van der Waals surface area (Å²) in [6.45, 7) is 8.22. The number of Topliss-reactive ketones (excluding diaryl/α,β-unsaturated/α-hetero) is 1. The van der Waals surface area contributed by atoms with Gasteiger partial charge in [-0.1, -0.05) is 20.8 Å². The average Bonchev–Trinajstić information content (AvgIpc) is 1.82. The molecule has 0 radical (unpaired) electrons. The van der Waals surface area contributed by atoms with Gasteiger partial charge in [0.05, 0.1) is 6.04 Å². The lowest BCUT2D eigenvalue weighted by Crippen LogP contribution is -2.34. The number of rotatable bonds is 3. The molecule has 0 aliphatic carbocycles. The molecule has 0 fully saturated rings. The topological polar surface area (TPSA) is 20.3 Å². The number of ketones is 1. The van der Waals surface area contributed by atoms with Crippen molar-refractivity contribution in [1.29, 1.82) is 0 Å². The van der Waals surface area contributed by atoms with Gasteiger partial charge in [-0.15, -0.1) is 0 Å². The van der Waals surface area contributed by atoms with E-state index in [-0.39, 0.29) is 11.5 Å². The molecule has 0 saturated heterocycles. The van der Waals surface area contributed by atoms with Crippen LogP contribution in [0.25, 0.3) is 0 Å². The summed E-state index contributed by atoms with van der Waals surface area (Å²) < 4.78 is 0. The summed E-state index contributed by atoms with van der Waals surface area (Å²) in [5, 5.41) is 0. The number of likely N-dealkylation sites (N-methyl/N-ethyl adjacent to an activating group) is 1. The number of nitrogens with zero attached hydrogens (tertiary/aromatic N) is 1. The van der Waals surface area contributed by atoms with Crippen molar-refractivity contribution < 1.29 is 4.79 Å². The minimum Gasteiger partial charge on any atom is -0.300 e. The highest BCUT2D eigenvalue weighted by Crippen LogP contribution is 2.20. The van der Waals surface area contributed by atoms with E-state index in [1.165, 1.54) is 0 Å². The van der Waals surface area contributed by atoms with Gasteiger partial charge in [0.2, 0.25) is 0 Å². The van der Waals surface area contributed by atoms with Crippen molar-refractivity contribution in [1.82, 2.24) is 4.90 Å². The third kappa shape index (κ3) is 4.50. The number of hydrogen-bond acceptors (Lipinski definition) is 2. The van der Waals surface area contributed by atoms with Crippen molar-refractivity contribution in [3.05, 3.63) is 0 Å². The van der Waals surface area contributed by atoms with Crippen LogP contribution in [0, 0.1) is 5.41 Å². The minimum absolute atomic E-state index is 0.0456. The van der Waals surface area contributed by atoms with Gasteiger partial charge in [-0.2, -0.15) is 0 Å². The maximum Gasteiger partial charge on any atom is 0.150 e. The van der Waals surface area contributed by atoms with Gasteiger partial charge in [0.15, 0.2) is 0 Å². The standard InChI is InChI=1S/C10H21NO/c1-8(11(5)6)9(12)7-10(2,3)4/h8H,7H2,1-6H3. The predicted molar refractivity (Wildman–Crippen MR) is 52.2 cm³/mol. The number of carbonyl (C=O) groups excluding carboxylic acids is 1. The van der Waals surface area contributed by atoms with Crippen LogP contribution in [-0.2, 0) is 4.79 Å². The molecule has 0 N–H and O–H groups in total. The number of hydrogen-bond donors (Lipinski definition) is 0.